The van der Waals surface area contributed by atoms with E-state index in [1.807, 2.05) is 48.5 Å². The van der Waals surface area contributed by atoms with E-state index in [1.54, 1.807) is 0 Å². The van der Waals surface area contributed by atoms with E-state index in [-0.39, 0.29) is 28.3 Å². The molecule has 0 atom stereocenters. The van der Waals surface area contributed by atoms with E-state index >= 15 is 0 Å². The number of halogens is 2. The fourth-order valence-corrected chi connectivity index (χ4v) is 5.85. The van der Waals surface area contributed by atoms with E-state index < -0.39 is 0 Å². The predicted molar refractivity (Wildman–Crippen MR) is 162 cm³/mol. The molecule has 1 aliphatic carbocycles. The average molecular weight is 606 g/mol. The highest BCUT2D eigenvalue weighted by atomic mass is 79.9. The lowest BCUT2D eigenvalue weighted by Crippen LogP contribution is -2.42. The van der Waals surface area contributed by atoms with E-state index in [4.69, 9.17) is 2.74 Å². The van der Waals surface area contributed by atoms with Gasteiger partial charge in [-0.3, -0.25) is 0 Å². The molecule has 0 amide bonds. The Morgan fingerprint density at radius 2 is 1.14 bits per heavy atom. The van der Waals surface area contributed by atoms with Crippen LogP contribution in [0.1, 0.15) is 56.8 Å². The van der Waals surface area contributed by atoms with Crippen molar-refractivity contribution in [3.8, 4) is 11.1 Å². The second-order valence-corrected chi connectivity index (χ2v) is 13.0. The topological polar surface area (TPSA) is 3.24 Å². The Morgan fingerprint density at radius 3 is 1.69 bits per heavy atom. The van der Waals surface area contributed by atoms with E-state index in [0.717, 1.165) is 42.7 Å². The van der Waals surface area contributed by atoms with Gasteiger partial charge in [0, 0.05) is 26.0 Å². The van der Waals surface area contributed by atoms with Crippen molar-refractivity contribution in [2.45, 2.75) is 52.4 Å². The Morgan fingerprint density at radius 1 is 0.611 bits per heavy atom. The van der Waals surface area contributed by atoms with Crippen molar-refractivity contribution in [2.24, 2.45) is 5.41 Å². The zero-order chi connectivity index (χ0) is 28.5. The number of fused-ring (bicyclic) bond motifs is 1. The first-order valence-electron chi connectivity index (χ1n) is 13.8. The van der Waals surface area contributed by atoms with Crippen molar-refractivity contribution in [1.82, 2.24) is 0 Å². The van der Waals surface area contributed by atoms with Gasteiger partial charge in [0.05, 0.1) is 4.11 Å². The smallest absolute Gasteiger partial charge is 0.0632 e. The van der Waals surface area contributed by atoms with Crippen LogP contribution in [0.5, 0.6) is 0 Å². The number of anilines is 3. The Hall–Kier alpha value is -2.36. The maximum atomic E-state index is 9.44. The summed E-state index contributed by atoms with van der Waals surface area (Å²) in [6, 6.07) is 25.1. The summed E-state index contributed by atoms with van der Waals surface area (Å²) in [5.41, 5.74) is 5.09. The van der Waals surface area contributed by atoms with Crippen molar-refractivity contribution in [2.75, 3.05) is 4.90 Å². The summed E-state index contributed by atoms with van der Waals surface area (Å²) in [6.07, 6.45) is 0. The molecule has 0 aromatic heterocycles. The summed E-state index contributed by atoms with van der Waals surface area (Å²) in [5.74, 6) is 0. The van der Waals surface area contributed by atoms with E-state index in [9.17, 15) is 1.37 Å². The summed E-state index contributed by atoms with van der Waals surface area (Å²) in [6.45, 7) is 13.1. The zero-order valence-electron chi connectivity index (χ0n) is 24.6. The normalized spacial score (nSPS) is 18.2. The molecule has 0 saturated carbocycles. The first kappa shape index (κ1) is 21.7. The summed E-state index contributed by atoms with van der Waals surface area (Å²) in [5, 5.41) is 0. The van der Waals surface area contributed by atoms with E-state index in [0.29, 0.717) is 11.6 Å². The molecule has 0 heterocycles. The van der Waals surface area contributed by atoms with Crippen LogP contribution < -0.4 is 4.90 Å². The second kappa shape index (κ2) is 8.89. The maximum absolute atomic E-state index is 9.44. The molecule has 0 unspecified atom stereocenters. The molecule has 184 valence electrons. The van der Waals surface area contributed by atoms with Gasteiger partial charge in [-0.15, -0.1) is 0 Å². The van der Waals surface area contributed by atoms with Gasteiger partial charge in [-0.1, -0.05) is 104 Å². The minimum absolute atomic E-state index is 0.122. The van der Waals surface area contributed by atoms with Gasteiger partial charge in [0.2, 0.25) is 0 Å². The van der Waals surface area contributed by atoms with Crippen LogP contribution in [0.4, 0.5) is 17.1 Å². The largest absolute Gasteiger partial charge is 0.310 e. The molecular weight excluding hydrogens is 570 g/mol. The van der Waals surface area contributed by atoms with E-state index in [1.165, 1.54) is 0 Å². The summed E-state index contributed by atoms with van der Waals surface area (Å²) in [4.78, 5) is 2.17. The van der Waals surface area contributed by atoms with Crippen molar-refractivity contribution < 1.29 is 4.11 Å². The lowest BCUT2D eigenvalue weighted by molar-refractivity contribution is 0.125. The first-order chi connectivity index (χ1) is 18.2. The van der Waals surface area contributed by atoms with Crippen LogP contribution in [0.25, 0.3) is 11.1 Å². The standard InChI is InChI=1S/C33H33Br2N/c1-31(2)29-19-10-23(21-30(29)32(3,4)33(31,5)6)22-8-7-9-28(20-22)36(26-15-11-24(34)12-16-26)27-17-13-25(35)14-18-27/h7-21H,1-6H3/i10D,19D,21D. The van der Waals surface area contributed by atoms with Gasteiger partial charge in [0.15, 0.2) is 0 Å². The third kappa shape index (κ3) is 3.96. The zero-order valence-corrected chi connectivity index (χ0v) is 24.8. The molecule has 0 N–H and O–H groups in total. The molecule has 0 fully saturated rings. The van der Waals surface area contributed by atoms with Gasteiger partial charge >= 0.3 is 0 Å². The molecule has 0 radical (unpaired) electrons. The summed E-state index contributed by atoms with van der Waals surface area (Å²) >= 11 is 7.09. The van der Waals surface area contributed by atoms with Crippen molar-refractivity contribution in [1.29, 1.82) is 0 Å². The maximum Gasteiger partial charge on any atom is 0.0632 e. The quantitative estimate of drug-likeness (QED) is 0.223. The van der Waals surface area contributed by atoms with Gasteiger partial charge in [0.25, 0.3) is 0 Å². The first-order valence-corrected chi connectivity index (χ1v) is 13.8. The van der Waals surface area contributed by atoms with Crippen molar-refractivity contribution in [3.05, 3.63) is 111 Å². The number of rotatable bonds is 4. The van der Waals surface area contributed by atoms with Gasteiger partial charge in [-0.2, -0.15) is 0 Å². The third-order valence-corrected chi connectivity index (χ3v) is 9.81. The molecule has 0 saturated heterocycles. The number of nitrogens with zero attached hydrogens (tertiary/aromatic N) is 1. The lowest BCUT2D eigenvalue weighted by Gasteiger charge is -2.44. The summed E-state index contributed by atoms with van der Waals surface area (Å²) in [7, 11) is 0. The third-order valence-electron chi connectivity index (χ3n) is 8.75. The monoisotopic (exact) mass is 604 g/mol. The molecule has 5 rings (SSSR count). The molecular formula is C33H33Br2N. The highest BCUT2D eigenvalue weighted by molar-refractivity contribution is 9.10. The van der Waals surface area contributed by atoms with Crippen LogP contribution in [-0.2, 0) is 10.8 Å². The van der Waals surface area contributed by atoms with Crippen LogP contribution in [0.15, 0.2) is 99.9 Å². The molecule has 3 heteroatoms. The Kier molecular flexibility index (Phi) is 5.36. The van der Waals surface area contributed by atoms with E-state index in [2.05, 4.69) is 103 Å². The molecule has 1 nitrogen and oxygen atoms in total. The molecule has 4 aromatic carbocycles. The predicted octanol–water partition coefficient (Wildman–Crippen LogP) is 10.9. The Labute approximate surface area is 237 Å². The van der Waals surface area contributed by atoms with Crippen LogP contribution in [-0.4, -0.2) is 0 Å². The fraction of sp³-hybridized carbons (Fsp3) is 0.273. The molecule has 0 bridgehead atoms. The second-order valence-electron chi connectivity index (χ2n) is 11.2. The van der Waals surface area contributed by atoms with Crippen molar-refractivity contribution >= 4 is 48.9 Å². The minimum Gasteiger partial charge on any atom is -0.310 e. The van der Waals surface area contributed by atoms with Gasteiger partial charge in [-0.05, 0) is 99.2 Å². The van der Waals surface area contributed by atoms with Crippen molar-refractivity contribution in [3.63, 3.8) is 0 Å². The lowest BCUT2D eigenvalue weighted by atomic mass is 9.59. The number of benzene rings is 4. The molecule has 4 aromatic rings. The molecule has 36 heavy (non-hydrogen) atoms. The highest BCUT2D eigenvalue weighted by Crippen LogP contribution is 2.61. The highest BCUT2D eigenvalue weighted by Gasteiger charge is 2.56. The van der Waals surface area contributed by atoms with Gasteiger partial charge < -0.3 is 4.90 Å². The fourth-order valence-electron chi connectivity index (χ4n) is 5.32. The number of hydrogen-bond donors (Lipinski definition) is 0. The van der Waals surface area contributed by atoms with Gasteiger partial charge in [0.1, 0.15) is 0 Å². The average Bonchev–Trinajstić information content (AvgIpc) is 2.99. The number of hydrogen-bond acceptors (Lipinski definition) is 1. The van der Waals surface area contributed by atoms with Crippen LogP contribution in [0.3, 0.4) is 0 Å². The SMILES string of the molecule is [2H]c1c([2H])c2c(c([2H])c1-c1cccc(N(c3ccc(Br)cc3)c3ccc(Br)cc3)c1)C(C)(C)C(C)(C)C2(C)C. The van der Waals surface area contributed by atoms with Crippen LogP contribution in [0, 0.1) is 5.41 Å². The minimum atomic E-state index is -0.338. The molecule has 0 spiro atoms. The Bertz CT molecular complexity index is 1530. The van der Waals surface area contributed by atoms with Gasteiger partial charge in [-0.25, -0.2) is 0 Å². The van der Waals surface area contributed by atoms with Crippen LogP contribution >= 0.6 is 31.9 Å². The molecule has 1 aliphatic rings. The van der Waals surface area contributed by atoms with Crippen LogP contribution in [0.2, 0.25) is 0 Å². The summed E-state index contributed by atoms with van der Waals surface area (Å²) < 4.78 is 29.7. The Balaban J connectivity index is 1.74. The molecule has 0 aliphatic heterocycles.